The third-order valence-corrected chi connectivity index (χ3v) is 2.40. The first kappa shape index (κ1) is 11.8. The first-order valence-electron chi connectivity index (χ1n) is 4.93. The maximum Gasteiger partial charge on any atom is 0.407 e. The van der Waals surface area contributed by atoms with Gasteiger partial charge in [0.25, 0.3) is 0 Å². The van der Waals surface area contributed by atoms with Crippen molar-refractivity contribution in [3.63, 3.8) is 0 Å². The summed E-state index contributed by atoms with van der Waals surface area (Å²) in [7, 11) is 1.31. The van der Waals surface area contributed by atoms with Gasteiger partial charge in [-0.3, -0.25) is 4.79 Å². The molecule has 6 heteroatoms. The van der Waals surface area contributed by atoms with E-state index in [9.17, 15) is 9.59 Å². The van der Waals surface area contributed by atoms with Crippen molar-refractivity contribution in [3.8, 4) is 0 Å². The summed E-state index contributed by atoms with van der Waals surface area (Å²) in [6.45, 7) is 2.80. The van der Waals surface area contributed by atoms with E-state index in [-0.39, 0.29) is 11.9 Å². The van der Waals surface area contributed by atoms with Crippen molar-refractivity contribution in [1.29, 1.82) is 0 Å². The SMILES string of the molecule is COC(=O)NC1CCN(C(=O)C(C)N)C1. The van der Waals surface area contributed by atoms with E-state index < -0.39 is 12.1 Å². The molecule has 2 unspecified atom stereocenters. The van der Waals surface area contributed by atoms with Crippen LogP contribution in [0.1, 0.15) is 13.3 Å². The fraction of sp³-hybridized carbons (Fsp3) is 0.778. The van der Waals surface area contributed by atoms with Crippen LogP contribution < -0.4 is 11.1 Å². The van der Waals surface area contributed by atoms with E-state index in [2.05, 4.69) is 10.1 Å². The second kappa shape index (κ2) is 4.97. The van der Waals surface area contributed by atoms with Crippen LogP contribution in [0.3, 0.4) is 0 Å². The van der Waals surface area contributed by atoms with Crippen molar-refractivity contribution >= 4 is 12.0 Å². The summed E-state index contributed by atoms with van der Waals surface area (Å²) in [5, 5.41) is 2.66. The number of hydrogen-bond acceptors (Lipinski definition) is 4. The molecule has 0 aromatic carbocycles. The molecule has 1 aliphatic heterocycles. The number of carbonyl (C=O) groups is 2. The van der Waals surface area contributed by atoms with Gasteiger partial charge in [0, 0.05) is 13.1 Å². The van der Waals surface area contributed by atoms with Gasteiger partial charge in [0.1, 0.15) is 0 Å². The van der Waals surface area contributed by atoms with Crippen LogP contribution >= 0.6 is 0 Å². The molecule has 0 radical (unpaired) electrons. The summed E-state index contributed by atoms with van der Waals surface area (Å²) in [6, 6.07) is -0.512. The molecule has 1 heterocycles. The smallest absolute Gasteiger partial charge is 0.407 e. The topological polar surface area (TPSA) is 84.7 Å². The van der Waals surface area contributed by atoms with Gasteiger partial charge in [0.15, 0.2) is 0 Å². The Balaban J connectivity index is 2.39. The molecule has 0 spiro atoms. The number of methoxy groups -OCH3 is 1. The van der Waals surface area contributed by atoms with Gasteiger partial charge in [0.2, 0.25) is 5.91 Å². The lowest BCUT2D eigenvalue weighted by Crippen LogP contribution is -2.43. The second-order valence-electron chi connectivity index (χ2n) is 3.69. The highest BCUT2D eigenvalue weighted by atomic mass is 16.5. The molecule has 0 bridgehead atoms. The summed E-state index contributed by atoms with van der Waals surface area (Å²) in [4.78, 5) is 24.1. The Labute approximate surface area is 88.7 Å². The molecule has 1 fully saturated rings. The zero-order valence-electron chi connectivity index (χ0n) is 9.03. The molecule has 86 valence electrons. The lowest BCUT2D eigenvalue weighted by atomic mass is 10.3. The van der Waals surface area contributed by atoms with Gasteiger partial charge in [-0.15, -0.1) is 0 Å². The predicted octanol–water partition coefficient (Wildman–Crippen LogP) is -0.709. The van der Waals surface area contributed by atoms with Gasteiger partial charge in [-0.05, 0) is 13.3 Å². The third kappa shape index (κ3) is 3.09. The van der Waals surface area contributed by atoms with E-state index in [1.54, 1.807) is 11.8 Å². The molecule has 0 saturated carbocycles. The number of nitrogens with zero attached hydrogens (tertiary/aromatic N) is 1. The Morgan fingerprint density at radius 3 is 2.80 bits per heavy atom. The number of likely N-dealkylation sites (tertiary alicyclic amines) is 1. The van der Waals surface area contributed by atoms with E-state index in [4.69, 9.17) is 5.73 Å². The zero-order valence-corrected chi connectivity index (χ0v) is 9.03. The largest absolute Gasteiger partial charge is 0.453 e. The van der Waals surface area contributed by atoms with Crippen LogP contribution in [-0.4, -0.2) is 49.2 Å². The van der Waals surface area contributed by atoms with Crippen molar-refractivity contribution in [3.05, 3.63) is 0 Å². The molecule has 1 aliphatic rings. The molecule has 2 atom stereocenters. The van der Waals surface area contributed by atoms with Crippen LogP contribution in [0.4, 0.5) is 4.79 Å². The molecular formula is C9H17N3O3. The maximum atomic E-state index is 11.5. The number of rotatable bonds is 2. The Bertz CT molecular complexity index is 255. The molecule has 6 nitrogen and oxygen atoms in total. The summed E-state index contributed by atoms with van der Waals surface area (Å²) >= 11 is 0. The minimum atomic E-state index is -0.484. The number of alkyl carbamates (subject to hydrolysis) is 1. The Kier molecular flexibility index (Phi) is 3.90. The minimum Gasteiger partial charge on any atom is -0.453 e. The number of ether oxygens (including phenoxy) is 1. The molecule has 3 N–H and O–H groups in total. The second-order valence-corrected chi connectivity index (χ2v) is 3.69. The highest BCUT2D eigenvalue weighted by Crippen LogP contribution is 2.10. The Morgan fingerprint density at radius 1 is 1.60 bits per heavy atom. The molecule has 0 aromatic rings. The van der Waals surface area contributed by atoms with E-state index in [1.165, 1.54) is 7.11 Å². The van der Waals surface area contributed by atoms with Gasteiger partial charge in [-0.25, -0.2) is 4.79 Å². The van der Waals surface area contributed by atoms with Gasteiger partial charge in [0.05, 0.1) is 19.2 Å². The van der Waals surface area contributed by atoms with Gasteiger partial charge < -0.3 is 20.7 Å². The zero-order chi connectivity index (χ0) is 11.4. The lowest BCUT2D eigenvalue weighted by Gasteiger charge is -2.18. The highest BCUT2D eigenvalue weighted by molar-refractivity contribution is 5.81. The molecule has 1 rings (SSSR count). The first-order chi connectivity index (χ1) is 7.04. The minimum absolute atomic E-state index is 0.0276. The molecule has 0 aliphatic carbocycles. The number of nitrogens with two attached hydrogens (primary N) is 1. The molecule has 0 aromatic heterocycles. The lowest BCUT2D eigenvalue weighted by molar-refractivity contribution is -0.131. The highest BCUT2D eigenvalue weighted by Gasteiger charge is 2.28. The quantitative estimate of drug-likeness (QED) is 0.637. The normalized spacial score (nSPS) is 22.3. The van der Waals surface area contributed by atoms with Crippen LogP contribution in [0.5, 0.6) is 0 Å². The van der Waals surface area contributed by atoms with Gasteiger partial charge in [-0.2, -0.15) is 0 Å². The van der Waals surface area contributed by atoms with Gasteiger partial charge >= 0.3 is 6.09 Å². The summed E-state index contributed by atoms with van der Waals surface area (Å²) < 4.78 is 4.48. The summed E-state index contributed by atoms with van der Waals surface area (Å²) in [6.07, 6.45) is 0.281. The molecule has 2 amide bonds. The van der Waals surface area contributed by atoms with Crippen molar-refractivity contribution < 1.29 is 14.3 Å². The van der Waals surface area contributed by atoms with E-state index in [0.29, 0.717) is 13.1 Å². The number of amides is 2. The number of carbonyl (C=O) groups excluding carboxylic acids is 2. The predicted molar refractivity (Wildman–Crippen MR) is 54.2 cm³/mol. The molecule has 15 heavy (non-hydrogen) atoms. The number of nitrogens with one attached hydrogen (secondary N) is 1. The summed E-state index contributed by atoms with van der Waals surface area (Å²) in [5.74, 6) is -0.0795. The van der Waals surface area contributed by atoms with Crippen molar-refractivity contribution in [2.45, 2.75) is 25.4 Å². The average molecular weight is 215 g/mol. The Hall–Kier alpha value is -1.30. The van der Waals surface area contributed by atoms with Crippen LogP contribution in [0.25, 0.3) is 0 Å². The standard InChI is InChI=1S/C9H17N3O3/c1-6(10)8(13)12-4-3-7(5-12)11-9(14)15-2/h6-7H,3-5,10H2,1-2H3,(H,11,14). The average Bonchev–Trinajstić information content (AvgIpc) is 2.64. The van der Waals surface area contributed by atoms with Crippen LogP contribution in [-0.2, 0) is 9.53 Å². The van der Waals surface area contributed by atoms with Crippen molar-refractivity contribution in [2.75, 3.05) is 20.2 Å². The van der Waals surface area contributed by atoms with Crippen molar-refractivity contribution in [2.24, 2.45) is 5.73 Å². The number of hydrogen-bond donors (Lipinski definition) is 2. The fourth-order valence-corrected chi connectivity index (χ4v) is 1.59. The maximum absolute atomic E-state index is 11.5. The summed E-state index contributed by atoms with van der Waals surface area (Å²) in [5.41, 5.74) is 5.49. The fourth-order valence-electron chi connectivity index (χ4n) is 1.59. The van der Waals surface area contributed by atoms with Crippen LogP contribution in [0.2, 0.25) is 0 Å². The first-order valence-corrected chi connectivity index (χ1v) is 4.93. The van der Waals surface area contributed by atoms with Crippen LogP contribution in [0, 0.1) is 0 Å². The van der Waals surface area contributed by atoms with Gasteiger partial charge in [-0.1, -0.05) is 0 Å². The van der Waals surface area contributed by atoms with Crippen LogP contribution in [0.15, 0.2) is 0 Å². The monoisotopic (exact) mass is 215 g/mol. The van der Waals surface area contributed by atoms with Crippen molar-refractivity contribution in [1.82, 2.24) is 10.2 Å². The van der Waals surface area contributed by atoms with E-state index >= 15 is 0 Å². The third-order valence-electron chi connectivity index (χ3n) is 2.40. The van der Waals surface area contributed by atoms with E-state index in [0.717, 1.165) is 6.42 Å². The molecular weight excluding hydrogens is 198 g/mol. The molecule has 1 saturated heterocycles. The van der Waals surface area contributed by atoms with E-state index in [1.807, 2.05) is 0 Å². The Morgan fingerprint density at radius 2 is 2.27 bits per heavy atom.